The van der Waals surface area contributed by atoms with Crippen molar-refractivity contribution in [3.05, 3.63) is 71.3 Å². The summed E-state index contributed by atoms with van der Waals surface area (Å²) >= 11 is 1.47. The van der Waals surface area contributed by atoms with Gasteiger partial charge in [0, 0.05) is 18.7 Å². The van der Waals surface area contributed by atoms with Crippen LogP contribution >= 0.6 is 11.8 Å². The van der Waals surface area contributed by atoms with E-state index >= 15 is 0 Å². The third-order valence-electron chi connectivity index (χ3n) is 5.47. The summed E-state index contributed by atoms with van der Waals surface area (Å²) in [7, 11) is 0. The SMILES string of the molecule is CCc1ccc(C(=O)C(C)Sc2nnc(N3CCOCC3)n2Cc2ccccc2)cc1. The average molecular weight is 437 g/mol. The van der Waals surface area contributed by atoms with Gasteiger partial charge in [0.05, 0.1) is 25.0 Å². The minimum atomic E-state index is -0.260. The molecule has 1 aromatic heterocycles. The number of thioether (sulfide) groups is 1. The molecular formula is C24H28N4O2S. The van der Waals surface area contributed by atoms with E-state index in [2.05, 4.69) is 38.7 Å². The smallest absolute Gasteiger partial charge is 0.228 e. The van der Waals surface area contributed by atoms with Gasteiger partial charge < -0.3 is 9.64 Å². The van der Waals surface area contributed by atoms with E-state index in [1.165, 1.54) is 22.9 Å². The molecule has 4 rings (SSSR count). The highest BCUT2D eigenvalue weighted by Gasteiger charge is 2.24. The summed E-state index contributed by atoms with van der Waals surface area (Å²) in [5.41, 5.74) is 3.14. The summed E-state index contributed by atoms with van der Waals surface area (Å²) in [6, 6.07) is 18.2. The van der Waals surface area contributed by atoms with Crippen molar-refractivity contribution in [2.45, 2.75) is 37.2 Å². The van der Waals surface area contributed by atoms with Crippen molar-refractivity contribution in [1.29, 1.82) is 0 Å². The van der Waals surface area contributed by atoms with Gasteiger partial charge in [0.25, 0.3) is 0 Å². The number of hydrogen-bond donors (Lipinski definition) is 0. The van der Waals surface area contributed by atoms with Gasteiger partial charge in [0.1, 0.15) is 0 Å². The highest BCUT2D eigenvalue weighted by atomic mass is 32.2. The quantitative estimate of drug-likeness (QED) is 0.392. The number of rotatable bonds is 8. The number of aromatic nitrogens is 3. The monoisotopic (exact) mass is 436 g/mol. The maximum atomic E-state index is 13.0. The molecule has 1 fully saturated rings. The number of aryl methyl sites for hydroxylation is 1. The molecule has 2 aromatic carbocycles. The Balaban J connectivity index is 1.57. The fourth-order valence-corrected chi connectivity index (χ4v) is 4.54. The maximum Gasteiger partial charge on any atom is 0.228 e. The van der Waals surface area contributed by atoms with Crippen LogP contribution in [0.5, 0.6) is 0 Å². The van der Waals surface area contributed by atoms with Gasteiger partial charge in [-0.2, -0.15) is 0 Å². The number of ether oxygens (including phenoxy) is 1. The molecule has 1 atom stereocenters. The Hall–Kier alpha value is -2.64. The van der Waals surface area contributed by atoms with Gasteiger partial charge in [-0.3, -0.25) is 9.36 Å². The second-order valence-electron chi connectivity index (χ2n) is 7.63. The van der Waals surface area contributed by atoms with Crippen LogP contribution in [0.3, 0.4) is 0 Å². The van der Waals surface area contributed by atoms with Crippen molar-refractivity contribution in [2.75, 3.05) is 31.2 Å². The second-order valence-corrected chi connectivity index (χ2v) is 8.94. The van der Waals surface area contributed by atoms with Crippen molar-refractivity contribution in [3.63, 3.8) is 0 Å². The number of benzene rings is 2. The number of morpholine rings is 1. The van der Waals surface area contributed by atoms with Gasteiger partial charge in [-0.15, -0.1) is 10.2 Å². The summed E-state index contributed by atoms with van der Waals surface area (Å²) in [6.07, 6.45) is 0.964. The van der Waals surface area contributed by atoms with Crippen molar-refractivity contribution >= 4 is 23.5 Å². The topological polar surface area (TPSA) is 60.3 Å². The lowest BCUT2D eigenvalue weighted by Gasteiger charge is -2.28. The first kappa shape index (κ1) is 21.6. The first-order chi connectivity index (χ1) is 15.2. The van der Waals surface area contributed by atoms with E-state index in [1.807, 2.05) is 49.4 Å². The largest absolute Gasteiger partial charge is 0.378 e. The lowest BCUT2D eigenvalue weighted by molar-refractivity contribution is 0.0994. The Morgan fingerprint density at radius 2 is 1.74 bits per heavy atom. The molecule has 0 amide bonds. The molecule has 162 valence electrons. The summed E-state index contributed by atoms with van der Waals surface area (Å²) in [6.45, 7) is 7.66. The normalized spacial score (nSPS) is 15.1. The molecule has 0 aliphatic carbocycles. The predicted molar refractivity (Wildman–Crippen MR) is 124 cm³/mol. The molecule has 3 aromatic rings. The number of ketones is 1. The third kappa shape index (κ3) is 5.17. The molecule has 0 saturated carbocycles. The molecule has 1 saturated heterocycles. The molecular weight excluding hydrogens is 408 g/mol. The van der Waals surface area contributed by atoms with Crippen LogP contribution in [-0.2, 0) is 17.7 Å². The van der Waals surface area contributed by atoms with Crippen LogP contribution in [0.1, 0.15) is 35.3 Å². The van der Waals surface area contributed by atoms with Crippen molar-refractivity contribution in [1.82, 2.24) is 14.8 Å². The molecule has 1 unspecified atom stereocenters. The number of nitrogens with zero attached hydrogens (tertiary/aromatic N) is 4. The fourth-order valence-electron chi connectivity index (χ4n) is 3.62. The minimum absolute atomic E-state index is 0.106. The molecule has 1 aliphatic rings. The molecule has 2 heterocycles. The van der Waals surface area contributed by atoms with E-state index in [-0.39, 0.29) is 11.0 Å². The standard InChI is InChI=1S/C24H28N4O2S/c1-3-19-9-11-21(12-10-19)22(29)18(2)31-24-26-25-23(27-13-15-30-16-14-27)28(24)17-20-7-5-4-6-8-20/h4-12,18H,3,13-17H2,1-2H3. The van der Waals surface area contributed by atoms with E-state index in [9.17, 15) is 4.79 Å². The summed E-state index contributed by atoms with van der Waals surface area (Å²) < 4.78 is 7.62. The number of carbonyl (C=O) groups excluding carboxylic acids is 1. The van der Waals surface area contributed by atoms with E-state index in [4.69, 9.17) is 4.74 Å². The lowest BCUT2D eigenvalue weighted by Crippen LogP contribution is -2.38. The summed E-state index contributed by atoms with van der Waals surface area (Å²) in [5.74, 6) is 0.941. The predicted octanol–water partition coefficient (Wildman–Crippen LogP) is 4.09. The number of Topliss-reactive ketones (excluding diaryl/α,β-unsaturated/α-hetero) is 1. The van der Waals surface area contributed by atoms with Gasteiger partial charge in [-0.1, -0.05) is 73.3 Å². The minimum Gasteiger partial charge on any atom is -0.378 e. The van der Waals surface area contributed by atoms with Crippen molar-refractivity contribution in [3.8, 4) is 0 Å². The molecule has 0 N–H and O–H groups in total. The Kier molecular flexibility index (Phi) is 7.04. The van der Waals surface area contributed by atoms with E-state index in [0.29, 0.717) is 19.8 Å². The highest BCUT2D eigenvalue weighted by Crippen LogP contribution is 2.29. The van der Waals surface area contributed by atoms with E-state index in [1.54, 1.807) is 0 Å². The molecule has 0 spiro atoms. The van der Waals surface area contributed by atoms with Crippen LogP contribution in [0.25, 0.3) is 0 Å². The second kappa shape index (κ2) is 10.1. The van der Waals surface area contributed by atoms with Gasteiger partial charge in [-0.25, -0.2) is 0 Å². The Labute approximate surface area is 187 Å². The highest BCUT2D eigenvalue weighted by molar-refractivity contribution is 8.00. The van der Waals surface area contributed by atoms with Crippen LogP contribution < -0.4 is 4.90 Å². The van der Waals surface area contributed by atoms with Crippen LogP contribution in [0, 0.1) is 0 Å². The zero-order valence-corrected chi connectivity index (χ0v) is 18.8. The Morgan fingerprint density at radius 3 is 2.42 bits per heavy atom. The van der Waals surface area contributed by atoms with Gasteiger partial charge in [-0.05, 0) is 24.5 Å². The van der Waals surface area contributed by atoms with Crippen molar-refractivity contribution < 1.29 is 9.53 Å². The number of anilines is 1. The molecule has 31 heavy (non-hydrogen) atoms. The zero-order chi connectivity index (χ0) is 21.6. The first-order valence-corrected chi connectivity index (χ1v) is 11.6. The lowest BCUT2D eigenvalue weighted by atomic mass is 10.1. The molecule has 6 nitrogen and oxygen atoms in total. The Bertz CT molecular complexity index is 998. The van der Waals surface area contributed by atoms with E-state index in [0.717, 1.165) is 36.2 Å². The summed E-state index contributed by atoms with van der Waals surface area (Å²) in [4.78, 5) is 15.2. The molecule has 1 aliphatic heterocycles. The number of hydrogen-bond acceptors (Lipinski definition) is 6. The molecule has 7 heteroatoms. The third-order valence-corrected chi connectivity index (χ3v) is 6.55. The molecule has 0 bridgehead atoms. The zero-order valence-electron chi connectivity index (χ0n) is 18.0. The van der Waals surface area contributed by atoms with Gasteiger partial charge in [0.2, 0.25) is 5.95 Å². The van der Waals surface area contributed by atoms with Gasteiger partial charge >= 0.3 is 0 Å². The first-order valence-electron chi connectivity index (χ1n) is 10.8. The summed E-state index contributed by atoms with van der Waals surface area (Å²) in [5, 5.41) is 9.47. The average Bonchev–Trinajstić information content (AvgIpc) is 3.21. The van der Waals surface area contributed by atoms with Crippen LogP contribution in [0.2, 0.25) is 0 Å². The van der Waals surface area contributed by atoms with Gasteiger partial charge in [0.15, 0.2) is 10.9 Å². The number of carbonyl (C=O) groups is 1. The van der Waals surface area contributed by atoms with Crippen LogP contribution in [0.4, 0.5) is 5.95 Å². The molecule has 0 radical (unpaired) electrons. The maximum absolute atomic E-state index is 13.0. The fraction of sp³-hybridized carbons (Fsp3) is 0.375. The Morgan fingerprint density at radius 1 is 1.03 bits per heavy atom. The van der Waals surface area contributed by atoms with Crippen molar-refractivity contribution in [2.24, 2.45) is 0 Å². The van der Waals surface area contributed by atoms with Crippen LogP contribution in [0.15, 0.2) is 59.8 Å². The van der Waals surface area contributed by atoms with Crippen LogP contribution in [-0.4, -0.2) is 52.1 Å². The van der Waals surface area contributed by atoms with E-state index < -0.39 is 0 Å².